The predicted octanol–water partition coefficient (Wildman–Crippen LogP) is 1.95. The summed E-state index contributed by atoms with van der Waals surface area (Å²) < 4.78 is 2.09. The Hall–Kier alpha value is -1.68. The first-order valence-electron chi connectivity index (χ1n) is 6.42. The van der Waals surface area contributed by atoms with Crippen molar-refractivity contribution in [2.24, 2.45) is 0 Å². The number of aromatic nitrogens is 3. The average Bonchev–Trinajstić information content (AvgIpc) is 2.82. The topological polar surface area (TPSA) is 50.9 Å². The molecule has 0 saturated heterocycles. The summed E-state index contributed by atoms with van der Waals surface area (Å²) in [6.45, 7) is 1.97. The number of aliphatic hydroxyl groups excluding tert-OH is 1. The lowest BCUT2D eigenvalue weighted by Gasteiger charge is -2.14. The molecule has 94 valence electrons. The molecule has 0 aromatic carbocycles. The van der Waals surface area contributed by atoms with Gasteiger partial charge in [0.05, 0.1) is 12.3 Å². The van der Waals surface area contributed by atoms with Gasteiger partial charge in [-0.15, -0.1) is 0 Å². The van der Waals surface area contributed by atoms with E-state index in [1.54, 1.807) is 0 Å². The largest absolute Gasteiger partial charge is 0.392 e. The van der Waals surface area contributed by atoms with Crippen LogP contribution in [0.5, 0.6) is 0 Å². The minimum Gasteiger partial charge on any atom is -0.392 e. The zero-order chi connectivity index (χ0) is 12.5. The minimum atomic E-state index is 0.0428. The van der Waals surface area contributed by atoms with Crippen LogP contribution in [0.15, 0.2) is 18.5 Å². The summed E-state index contributed by atoms with van der Waals surface area (Å²) in [6.07, 6.45) is 6.50. The van der Waals surface area contributed by atoms with Crippen molar-refractivity contribution in [2.75, 3.05) is 0 Å². The maximum atomic E-state index is 9.17. The van der Waals surface area contributed by atoms with E-state index >= 15 is 0 Å². The van der Waals surface area contributed by atoms with Crippen molar-refractivity contribution in [1.82, 2.24) is 14.5 Å². The zero-order valence-corrected chi connectivity index (χ0v) is 10.6. The Kier molecular flexibility index (Phi) is 2.88. The quantitative estimate of drug-likeness (QED) is 0.877. The summed E-state index contributed by atoms with van der Waals surface area (Å²) in [5.74, 6) is 0.903. The van der Waals surface area contributed by atoms with E-state index < -0.39 is 0 Å². The summed E-state index contributed by atoms with van der Waals surface area (Å²) in [4.78, 5) is 9.04. The van der Waals surface area contributed by atoms with Crippen LogP contribution in [-0.4, -0.2) is 19.6 Å². The predicted molar refractivity (Wildman–Crippen MR) is 68.7 cm³/mol. The number of aryl methyl sites for hydroxylation is 2. The Morgan fingerprint density at radius 1 is 1.28 bits per heavy atom. The van der Waals surface area contributed by atoms with E-state index in [1.165, 1.54) is 24.2 Å². The first-order chi connectivity index (χ1) is 8.79. The van der Waals surface area contributed by atoms with Crippen molar-refractivity contribution < 1.29 is 5.11 Å². The molecule has 4 nitrogen and oxygen atoms in total. The van der Waals surface area contributed by atoms with Crippen LogP contribution < -0.4 is 0 Å². The number of hydrogen-bond acceptors (Lipinski definition) is 3. The van der Waals surface area contributed by atoms with Gasteiger partial charge >= 0.3 is 0 Å². The van der Waals surface area contributed by atoms with Crippen molar-refractivity contribution in [1.29, 1.82) is 0 Å². The lowest BCUT2D eigenvalue weighted by molar-refractivity contribution is 0.280. The Morgan fingerprint density at radius 2 is 2.11 bits per heavy atom. The second-order valence-corrected chi connectivity index (χ2v) is 4.79. The number of aliphatic hydroxyl groups is 1. The van der Waals surface area contributed by atoms with Crippen LogP contribution >= 0.6 is 0 Å². The highest BCUT2D eigenvalue weighted by atomic mass is 16.3. The van der Waals surface area contributed by atoms with Crippen LogP contribution in [0.2, 0.25) is 0 Å². The lowest BCUT2D eigenvalue weighted by Crippen LogP contribution is -2.08. The maximum Gasteiger partial charge on any atom is 0.138 e. The molecule has 2 aromatic rings. The van der Waals surface area contributed by atoms with Gasteiger partial charge in [0.2, 0.25) is 0 Å². The molecule has 0 unspecified atom stereocenters. The number of hydrogen-bond donors (Lipinski definition) is 1. The Labute approximate surface area is 106 Å². The SMILES string of the molecule is Cc1nc(-n2cnc3c2CCCC3)ccc1CO. The first kappa shape index (κ1) is 11.4. The summed E-state index contributed by atoms with van der Waals surface area (Å²) in [7, 11) is 0. The zero-order valence-electron chi connectivity index (χ0n) is 10.6. The van der Waals surface area contributed by atoms with Crippen molar-refractivity contribution in [3.8, 4) is 5.82 Å². The Bertz CT molecular complexity index is 574. The van der Waals surface area contributed by atoms with Crippen LogP contribution in [0.4, 0.5) is 0 Å². The molecule has 0 spiro atoms. The monoisotopic (exact) mass is 243 g/mol. The molecular weight excluding hydrogens is 226 g/mol. The molecule has 0 amide bonds. The second-order valence-electron chi connectivity index (χ2n) is 4.79. The molecule has 2 aromatic heterocycles. The molecule has 0 atom stereocenters. The van der Waals surface area contributed by atoms with Gasteiger partial charge in [-0.1, -0.05) is 6.07 Å². The molecule has 18 heavy (non-hydrogen) atoms. The van der Waals surface area contributed by atoms with Gasteiger partial charge in [0.25, 0.3) is 0 Å². The number of imidazole rings is 1. The number of fused-ring (bicyclic) bond motifs is 1. The van der Waals surface area contributed by atoms with Gasteiger partial charge in [-0.05, 0) is 44.2 Å². The molecule has 1 N–H and O–H groups in total. The van der Waals surface area contributed by atoms with Gasteiger partial charge in [0.15, 0.2) is 0 Å². The number of nitrogens with zero attached hydrogens (tertiary/aromatic N) is 3. The van der Waals surface area contributed by atoms with Crippen LogP contribution in [0, 0.1) is 6.92 Å². The Balaban J connectivity index is 2.04. The maximum absolute atomic E-state index is 9.17. The summed E-state index contributed by atoms with van der Waals surface area (Å²) in [6, 6.07) is 3.89. The summed E-state index contributed by atoms with van der Waals surface area (Å²) in [5, 5.41) is 9.17. The highest BCUT2D eigenvalue weighted by Gasteiger charge is 2.16. The van der Waals surface area contributed by atoms with Gasteiger partial charge in [0, 0.05) is 11.4 Å². The molecule has 1 aliphatic rings. The van der Waals surface area contributed by atoms with Gasteiger partial charge in [0.1, 0.15) is 12.1 Å². The average molecular weight is 243 g/mol. The first-order valence-corrected chi connectivity index (χ1v) is 6.42. The van der Waals surface area contributed by atoms with Gasteiger partial charge in [-0.25, -0.2) is 9.97 Å². The standard InChI is InChI=1S/C14H17N3O/c1-10-11(8-18)6-7-14(16-10)17-9-15-12-4-2-3-5-13(12)17/h6-7,9,18H,2-5,8H2,1H3. The van der Waals surface area contributed by atoms with Crippen molar-refractivity contribution in [2.45, 2.75) is 39.2 Å². The van der Waals surface area contributed by atoms with Gasteiger partial charge in [-0.2, -0.15) is 0 Å². The number of rotatable bonds is 2. The Morgan fingerprint density at radius 3 is 2.89 bits per heavy atom. The van der Waals surface area contributed by atoms with Crippen molar-refractivity contribution >= 4 is 0 Å². The van der Waals surface area contributed by atoms with E-state index in [4.69, 9.17) is 0 Å². The van der Waals surface area contributed by atoms with E-state index in [1.807, 2.05) is 25.4 Å². The highest BCUT2D eigenvalue weighted by molar-refractivity contribution is 5.34. The molecule has 1 aliphatic carbocycles. The smallest absolute Gasteiger partial charge is 0.138 e. The second kappa shape index (κ2) is 4.53. The molecule has 0 fully saturated rings. The van der Waals surface area contributed by atoms with E-state index in [0.717, 1.165) is 29.9 Å². The van der Waals surface area contributed by atoms with Crippen LogP contribution in [-0.2, 0) is 19.4 Å². The fourth-order valence-electron chi connectivity index (χ4n) is 2.54. The summed E-state index contributed by atoms with van der Waals surface area (Å²) in [5.41, 5.74) is 4.28. The fraction of sp³-hybridized carbons (Fsp3) is 0.429. The molecule has 0 bridgehead atoms. The number of pyridine rings is 1. The van der Waals surface area contributed by atoms with E-state index in [-0.39, 0.29) is 6.61 Å². The molecular formula is C14H17N3O. The van der Waals surface area contributed by atoms with E-state index in [0.29, 0.717) is 0 Å². The van der Waals surface area contributed by atoms with E-state index in [2.05, 4.69) is 14.5 Å². The van der Waals surface area contributed by atoms with E-state index in [9.17, 15) is 5.11 Å². The normalized spacial score (nSPS) is 14.6. The van der Waals surface area contributed by atoms with Crippen molar-refractivity contribution in [3.05, 3.63) is 41.1 Å². The van der Waals surface area contributed by atoms with Crippen LogP contribution in [0.3, 0.4) is 0 Å². The molecule has 0 aliphatic heterocycles. The third-order valence-electron chi connectivity index (χ3n) is 3.63. The lowest BCUT2D eigenvalue weighted by atomic mass is 10.0. The van der Waals surface area contributed by atoms with Crippen molar-refractivity contribution in [3.63, 3.8) is 0 Å². The third-order valence-corrected chi connectivity index (χ3v) is 3.63. The fourth-order valence-corrected chi connectivity index (χ4v) is 2.54. The third kappa shape index (κ3) is 1.82. The minimum absolute atomic E-state index is 0.0428. The highest BCUT2D eigenvalue weighted by Crippen LogP contribution is 2.22. The molecule has 3 rings (SSSR count). The van der Waals surface area contributed by atoms with Gasteiger partial charge < -0.3 is 5.11 Å². The van der Waals surface area contributed by atoms with Gasteiger partial charge in [-0.3, -0.25) is 4.57 Å². The van der Waals surface area contributed by atoms with Crippen LogP contribution in [0.25, 0.3) is 5.82 Å². The van der Waals surface area contributed by atoms with Crippen LogP contribution in [0.1, 0.15) is 35.5 Å². The molecule has 2 heterocycles. The molecule has 0 saturated carbocycles. The molecule has 4 heteroatoms. The summed E-state index contributed by atoms with van der Waals surface area (Å²) >= 11 is 0. The molecule has 0 radical (unpaired) electrons.